The maximum atomic E-state index is 10.9. The van der Waals surface area contributed by atoms with Gasteiger partial charge in [-0.15, -0.1) is 0 Å². The first-order valence-corrected chi connectivity index (χ1v) is 7.91. The van der Waals surface area contributed by atoms with Crippen LogP contribution < -0.4 is 0 Å². The van der Waals surface area contributed by atoms with Crippen LogP contribution in [-0.2, 0) is 0 Å². The topological polar surface area (TPSA) is 138 Å². The van der Waals surface area contributed by atoms with E-state index in [4.69, 9.17) is 39.9 Å². The van der Waals surface area contributed by atoms with Crippen LogP contribution in [-0.4, -0.2) is 46.2 Å². The van der Waals surface area contributed by atoms with Crippen molar-refractivity contribution in [3.8, 4) is 0 Å². The molecular weight excluding hydrogens is 407 g/mol. The molecule has 0 aliphatic carbocycles. The summed E-state index contributed by atoms with van der Waals surface area (Å²) in [6.07, 6.45) is 5.31. The van der Waals surface area contributed by atoms with E-state index in [0.29, 0.717) is 27.6 Å². The predicted octanol–water partition coefficient (Wildman–Crippen LogP) is 3.30. The summed E-state index contributed by atoms with van der Waals surface area (Å²) in [5.41, 5.74) is 2.14. The van der Waals surface area contributed by atoms with Crippen molar-refractivity contribution in [2.75, 3.05) is 0 Å². The lowest BCUT2D eigenvalue weighted by molar-refractivity contribution is 0.0698. The fraction of sp³-hybridized carbons (Fsp3) is 0. The van der Waals surface area contributed by atoms with Crippen LogP contribution in [0.4, 0.5) is 0 Å². The fourth-order valence-corrected chi connectivity index (χ4v) is 2.65. The molecule has 0 atom stereocenters. The van der Waals surface area contributed by atoms with Crippen LogP contribution in [0.15, 0.2) is 25.0 Å². The van der Waals surface area contributed by atoms with Gasteiger partial charge in [0.15, 0.2) is 10.3 Å². The summed E-state index contributed by atoms with van der Waals surface area (Å²) < 4.78 is 0. The number of rotatable bonds is 2. The third-order valence-electron chi connectivity index (χ3n) is 3.28. The van der Waals surface area contributed by atoms with Crippen LogP contribution in [0.1, 0.15) is 20.7 Å². The zero-order chi connectivity index (χ0) is 18.8. The maximum Gasteiger partial charge on any atom is 0.339 e. The van der Waals surface area contributed by atoms with Crippen LogP contribution in [0, 0.1) is 0 Å². The van der Waals surface area contributed by atoms with Crippen molar-refractivity contribution in [1.82, 2.24) is 29.9 Å². The van der Waals surface area contributed by atoms with Crippen molar-refractivity contribution >= 4 is 68.1 Å². The van der Waals surface area contributed by atoms with Crippen molar-refractivity contribution < 1.29 is 14.7 Å². The zero-order valence-electron chi connectivity index (χ0n) is 12.5. The summed E-state index contributed by atoms with van der Waals surface area (Å²) in [5, 5.41) is 8.66. The fourth-order valence-electron chi connectivity index (χ4n) is 2.13. The second kappa shape index (κ2) is 7.24. The van der Waals surface area contributed by atoms with E-state index >= 15 is 0 Å². The minimum absolute atomic E-state index is 0.0966. The van der Waals surface area contributed by atoms with E-state index in [1.54, 1.807) is 0 Å². The average Bonchev–Trinajstić information content (AvgIpc) is 3.21. The van der Waals surface area contributed by atoms with Gasteiger partial charge in [-0.3, -0.25) is 4.79 Å². The molecule has 3 N–H and O–H groups in total. The van der Waals surface area contributed by atoms with Crippen LogP contribution >= 0.6 is 34.8 Å². The van der Waals surface area contributed by atoms with Crippen molar-refractivity contribution in [2.24, 2.45) is 0 Å². The van der Waals surface area contributed by atoms with Gasteiger partial charge in [0, 0.05) is 12.4 Å². The molecule has 12 heteroatoms. The van der Waals surface area contributed by atoms with Gasteiger partial charge in [-0.1, -0.05) is 23.2 Å². The number of carbonyl (C=O) groups excluding carboxylic acids is 1. The molecule has 9 nitrogen and oxygen atoms in total. The lowest BCUT2D eigenvalue weighted by atomic mass is 10.3. The first kappa shape index (κ1) is 18.1. The van der Waals surface area contributed by atoms with Crippen molar-refractivity contribution in [1.29, 1.82) is 0 Å². The van der Waals surface area contributed by atoms with E-state index in [1.165, 1.54) is 25.0 Å². The third kappa shape index (κ3) is 3.32. The molecule has 0 unspecified atom stereocenters. The van der Waals surface area contributed by atoms with Crippen molar-refractivity contribution in [2.45, 2.75) is 0 Å². The molecule has 132 valence electrons. The number of fused-ring (bicyclic) bond motifs is 2. The van der Waals surface area contributed by atoms with Crippen molar-refractivity contribution in [3.05, 3.63) is 46.5 Å². The van der Waals surface area contributed by atoms with Crippen molar-refractivity contribution in [3.63, 3.8) is 0 Å². The summed E-state index contributed by atoms with van der Waals surface area (Å²) in [6.45, 7) is 0. The standard InChI is InChI=1S/C7H3Cl2N3O.C7H4ClN3O2/c8-6-5-4(11-2-12-6)3(1-10-5)7(9)13;8-6-5-4(10-2-11-6)3(1-9-5)7(12)13/h1-2,10H;1-2,9H,(H,12,13). The molecule has 4 rings (SSSR count). The largest absolute Gasteiger partial charge is 0.478 e. The number of aromatic amines is 2. The Hall–Kier alpha value is -2.75. The van der Waals surface area contributed by atoms with Gasteiger partial charge in [0.05, 0.1) is 5.56 Å². The highest BCUT2D eigenvalue weighted by Crippen LogP contribution is 2.22. The Morgan fingerprint density at radius 1 is 0.846 bits per heavy atom. The van der Waals surface area contributed by atoms with E-state index < -0.39 is 11.2 Å². The number of nitrogens with one attached hydrogen (secondary N) is 2. The number of aromatic nitrogens is 6. The molecule has 0 fully saturated rings. The summed E-state index contributed by atoms with van der Waals surface area (Å²) in [4.78, 5) is 42.2. The monoisotopic (exact) mass is 412 g/mol. The number of hydrogen-bond acceptors (Lipinski definition) is 6. The highest BCUT2D eigenvalue weighted by atomic mass is 35.5. The first-order chi connectivity index (χ1) is 12.4. The summed E-state index contributed by atoms with van der Waals surface area (Å²) in [6, 6.07) is 0. The molecule has 0 saturated carbocycles. The van der Waals surface area contributed by atoms with Crippen LogP contribution in [0.3, 0.4) is 0 Å². The molecular formula is C14H7Cl3N6O3. The minimum atomic E-state index is -1.04. The van der Waals surface area contributed by atoms with Gasteiger partial charge >= 0.3 is 5.97 Å². The average molecular weight is 414 g/mol. The molecule has 0 aromatic carbocycles. The van der Waals surface area contributed by atoms with E-state index in [1.807, 2.05) is 0 Å². The summed E-state index contributed by atoms with van der Waals surface area (Å²) in [5.74, 6) is -1.04. The number of halogens is 3. The second-order valence-electron chi connectivity index (χ2n) is 4.76. The number of hydrogen-bond donors (Lipinski definition) is 3. The molecule has 4 aromatic rings. The lowest BCUT2D eigenvalue weighted by Crippen LogP contribution is -1.95. The third-order valence-corrected chi connectivity index (χ3v) is 4.05. The molecule has 0 saturated heterocycles. The predicted molar refractivity (Wildman–Crippen MR) is 94.9 cm³/mol. The van der Waals surface area contributed by atoms with E-state index in [0.717, 1.165) is 0 Å². The number of carboxylic acids is 1. The second-order valence-corrected chi connectivity index (χ2v) is 5.82. The Morgan fingerprint density at radius 2 is 1.31 bits per heavy atom. The smallest absolute Gasteiger partial charge is 0.339 e. The Kier molecular flexibility index (Phi) is 5.03. The van der Waals surface area contributed by atoms with Gasteiger partial charge < -0.3 is 15.1 Å². The van der Waals surface area contributed by atoms with Gasteiger partial charge in [0.2, 0.25) is 0 Å². The molecule has 4 aromatic heterocycles. The van der Waals surface area contributed by atoms with Crippen LogP contribution in [0.25, 0.3) is 22.1 Å². The molecule has 0 aliphatic rings. The Bertz CT molecular complexity index is 1050. The van der Waals surface area contributed by atoms with Gasteiger partial charge in [0.1, 0.15) is 40.3 Å². The van der Waals surface area contributed by atoms with Gasteiger partial charge in [-0.2, -0.15) is 0 Å². The number of nitrogens with zero attached hydrogens (tertiary/aromatic N) is 4. The Morgan fingerprint density at radius 3 is 1.77 bits per heavy atom. The highest BCUT2D eigenvalue weighted by molar-refractivity contribution is 6.68. The minimum Gasteiger partial charge on any atom is -0.478 e. The summed E-state index contributed by atoms with van der Waals surface area (Å²) >= 11 is 16.8. The van der Waals surface area contributed by atoms with Gasteiger partial charge in [0.25, 0.3) is 5.24 Å². The van der Waals surface area contributed by atoms with E-state index in [9.17, 15) is 9.59 Å². The number of aromatic carboxylic acids is 1. The molecule has 0 spiro atoms. The number of H-pyrrole nitrogens is 2. The first-order valence-electron chi connectivity index (χ1n) is 6.78. The molecule has 4 heterocycles. The number of carbonyl (C=O) groups is 2. The molecule has 0 radical (unpaired) electrons. The van der Waals surface area contributed by atoms with Gasteiger partial charge in [-0.25, -0.2) is 24.7 Å². The van der Waals surface area contributed by atoms with Gasteiger partial charge in [-0.05, 0) is 11.6 Å². The normalized spacial score (nSPS) is 10.6. The Labute approximate surface area is 159 Å². The quantitative estimate of drug-likeness (QED) is 0.338. The lowest BCUT2D eigenvalue weighted by Gasteiger charge is -1.91. The van der Waals surface area contributed by atoms with E-state index in [2.05, 4.69) is 29.9 Å². The highest BCUT2D eigenvalue weighted by Gasteiger charge is 2.14. The maximum absolute atomic E-state index is 10.9. The number of carboxylic acid groups (broad SMARTS) is 1. The zero-order valence-corrected chi connectivity index (χ0v) is 14.8. The summed E-state index contributed by atoms with van der Waals surface area (Å²) in [7, 11) is 0. The van der Waals surface area contributed by atoms with Crippen LogP contribution in [0.2, 0.25) is 10.3 Å². The molecule has 0 amide bonds. The molecule has 0 bridgehead atoms. The van der Waals surface area contributed by atoms with Crippen LogP contribution in [0.5, 0.6) is 0 Å². The SMILES string of the molecule is O=C(Cl)c1c[nH]c2c(Cl)ncnc12.O=C(O)c1c[nH]c2c(Cl)ncnc12. The van der Waals surface area contributed by atoms with E-state index in [-0.39, 0.29) is 15.9 Å². The Balaban J connectivity index is 0.000000151. The molecule has 26 heavy (non-hydrogen) atoms. The molecule has 0 aliphatic heterocycles.